The van der Waals surface area contributed by atoms with Gasteiger partial charge in [0.2, 0.25) is 0 Å². The van der Waals surface area contributed by atoms with E-state index in [-0.39, 0.29) is 12.2 Å². The number of aliphatic hydroxyl groups excluding tert-OH is 1. The molecule has 2 nitrogen and oxygen atoms in total. The van der Waals surface area contributed by atoms with Crippen molar-refractivity contribution < 1.29 is 10.2 Å². The van der Waals surface area contributed by atoms with Gasteiger partial charge in [0.15, 0.2) is 0 Å². The predicted octanol–water partition coefficient (Wildman–Crippen LogP) is 1.45. The van der Waals surface area contributed by atoms with Gasteiger partial charge in [-0.25, -0.2) is 0 Å². The Morgan fingerprint density at radius 2 is 1.73 bits per heavy atom. The van der Waals surface area contributed by atoms with E-state index >= 15 is 0 Å². The Hall–Kier alpha value is -0.0800. The van der Waals surface area contributed by atoms with Gasteiger partial charge in [0.05, 0.1) is 5.60 Å². The lowest BCUT2D eigenvalue weighted by atomic mass is 9.95. The van der Waals surface area contributed by atoms with Gasteiger partial charge in [-0.1, -0.05) is 12.8 Å². The van der Waals surface area contributed by atoms with Gasteiger partial charge in [-0.3, -0.25) is 0 Å². The Labute approximate surface area is 68.2 Å². The molecule has 1 fully saturated rings. The summed E-state index contributed by atoms with van der Waals surface area (Å²) in [6.07, 6.45) is 6.98. The molecule has 0 aliphatic heterocycles. The summed E-state index contributed by atoms with van der Waals surface area (Å²) in [6, 6.07) is 0. The quantitative estimate of drug-likeness (QED) is 0.608. The Kier molecular flexibility index (Phi) is 3.34. The van der Waals surface area contributed by atoms with Crippen molar-refractivity contribution in [3.63, 3.8) is 0 Å². The third-order valence-corrected chi connectivity index (χ3v) is 2.58. The highest BCUT2D eigenvalue weighted by molar-refractivity contribution is 4.83. The second-order valence-corrected chi connectivity index (χ2v) is 3.61. The maximum atomic E-state index is 9.84. The van der Waals surface area contributed by atoms with Crippen LogP contribution >= 0.6 is 0 Å². The van der Waals surface area contributed by atoms with E-state index in [1.807, 2.05) is 0 Å². The standard InChI is InChI=1S/C9H18O2/c10-8-4-3-7-9(11)5-1-2-6-9/h10-11H,1-8H2. The van der Waals surface area contributed by atoms with Crippen molar-refractivity contribution >= 4 is 0 Å². The lowest BCUT2D eigenvalue weighted by Crippen LogP contribution is -2.23. The molecule has 0 amide bonds. The summed E-state index contributed by atoms with van der Waals surface area (Å²) in [5, 5.41) is 18.4. The highest BCUT2D eigenvalue weighted by Gasteiger charge is 2.29. The van der Waals surface area contributed by atoms with Gasteiger partial charge in [0.1, 0.15) is 0 Å². The molecule has 2 N–H and O–H groups in total. The third kappa shape index (κ3) is 2.80. The lowest BCUT2D eigenvalue weighted by Gasteiger charge is -2.21. The number of rotatable bonds is 4. The molecule has 0 aromatic carbocycles. The molecule has 0 spiro atoms. The third-order valence-electron chi connectivity index (χ3n) is 2.58. The first-order valence-electron chi connectivity index (χ1n) is 4.60. The zero-order valence-corrected chi connectivity index (χ0v) is 7.05. The minimum atomic E-state index is -0.366. The van der Waals surface area contributed by atoms with Crippen molar-refractivity contribution in [1.82, 2.24) is 0 Å². The molecule has 0 heterocycles. The number of hydrogen-bond acceptors (Lipinski definition) is 2. The van der Waals surface area contributed by atoms with Crippen LogP contribution in [0.25, 0.3) is 0 Å². The van der Waals surface area contributed by atoms with Crippen molar-refractivity contribution in [3.05, 3.63) is 0 Å². The zero-order chi connectivity index (χ0) is 8.16. The van der Waals surface area contributed by atoms with Gasteiger partial charge < -0.3 is 10.2 Å². The van der Waals surface area contributed by atoms with Gasteiger partial charge in [0, 0.05) is 6.61 Å². The predicted molar refractivity (Wildman–Crippen MR) is 44.4 cm³/mol. The minimum absolute atomic E-state index is 0.260. The molecular weight excluding hydrogens is 140 g/mol. The van der Waals surface area contributed by atoms with Crippen LogP contribution in [0.2, 0.25) is 0 Å². The van der Waals surface area contributed by atoms with Crippen molar-refractivity contribution in [2.45, 2.75) is 50.5 Å². The van der Waals surface area contributed by atoms with Crippen molar-refractivity contribution in [2.24, 2.45) is 0 Å². The SMILES string of the molecule is OCCCCC1(O)CCCC1. The molecule has 0 radical (unpaired) electrons. The minimum Gasteiger partial charge on any atom is -0.396 e. The Morgan fingerprint density at radius 3 is 2.27 bits per heavy atom. The smallest absolute Gasteiger partial charge is 0.0647 e. The first kappa shape index (κ1) is 9.01. The highest BCUT2D eigenvalue weighted by Crippen LogP contribution is 2.33. The summed E-state index contributed by atoms with van der Waals surface area (Å²) in [4.78, 5) is 0. The Balaban J connectivity index is 2.13. The molecule has 0 unspecified atom stereocenters. The van der Waals surface area contributed by atoms with Gasteiger partial charge in [-0.15, -0.1) is 0 Å². The van der Waals surface area contributed by atoms with Crippen LogP contribution in [-0.4, -0.2) is 22.4 Å². The summed E-state index contributed by atoms with van der Waals surface area (Å²) >= 11 is 0. The molecule has 1 rings (SSSR count). The van der Waals surface area contributed by atoms with Crippen LogP contribution in [0.5, 0.6) is 0 Å². The summed E-state index contributed by atoms with van der Waals surface area (Å²) in [5.74, 6) is 0. The Morgan fingerprint density at radius 1 is 1.09 bits per heavy atom. The van der Waals surface area contributed by atoms with Crippen LogP contribution in [0, 0.1) is 0 Å². The topological polar surface area (TPSA) is 40.5 Å². The van der Waals surface area contributed by atoms with Crippen molar-refractivity contribution in [1.29, 1.82) is 0 Å². The van der Waals surface area contributed by atoms with Gasteiger partial charge in [-0.2, -0.15) is 0 Å². The van der Waals surface area contributed by atoms with Crippen molar-refractivity contribution in [2.75, 3.05) is 6.61 Å². The molecule has 1 aliphatic rings. The van der Waals surface area contributed by atoms with Crippen LogP contribution in [-0.2, 0) is 0 Å². The molecule has 0 aromatic rings. The molecule has 0 saturated heterocycles. The average molecular weight is 158 g/mol. The molecule has 11 heavy (non-hydrogen) atoms. The summed E-state index contributed by atoms with van der Waals surface area (Å²) in [7, 11) is 0. The van der Waals surface area contributed by atoms with E-state index in [0.717, 1.165) is 32.1 Å². The van der Waals surface area contributed by atoms with E-state index in [1.54, 1.807) is 0 Å². The van der Waals surface area contributed by atoms with E-state index in [1.165, 1.54) is 12.8 Å². The Bertz CT molecular complexity index is 106. The van der Waals surface area contributed by atoms with Gasteiger partial charge in [-0.05, 0) is 32.1 Å². The van der Waals surface area contributed by atoms with E-state index in [9.17, 15) is 5.11 Å². The monoisotopic (exact) mass is 158 g/mol. The lowest BCUT2D eigenvalue weighted by molar-refractivity contribution is 0.0351. The normalized spacial score (nSPS) is 22.4. The molecule has 0 bridgehead atoms. The molecule has 0 aromatic heterocycles. The van der Waals surface area contributed by atoms with E-state index in [4.69, 9.17) is 5.11 Å². The first-order chi connectivity index (χ1) is 5.27. The number of hydrogen-bond donors (Lipinski definition) is 2. The summed E-state index contributed by atoms with van der Waals surface area (Å²) in [5.41, 5.74) is -0.366. The molecule has 1 aliphatic carbocycles. The van der Waals surface area contributed by atoms with E-state index < -0.39 is 0 Å². The fourth-order valence-electron chi connectivity index (χ4n) is 1.85. The second-order valence-electron chi connectivity index (χ2n) is 3.61. The second kappa shape index (κ2) is 4.07. The first-order valence-corrected chi connectivity index (χ1v) is 4.60. The largest absolute Gasteiger partial charge is 0.396 e. The highest BCUT2D eigenvalue weighted by atomic mass is 16.3. The molecule has 66 valence electrons. The number of unbranched alkanes of at least 4 members (excludes halogenated alkanes) is 1. The van der Waals surface area contributed by atoms with Crippen LogP contribution in [0.3, 0.4) is 0 Å². The molecule has 0 atom stereocenters. The van der Waals surface area contributed by atoms with Gasteiger partial charge >= 0.3 is 0 Å². The fraction of sp³-hybridized carbons (Fsp3) is 1.00. The zero-order valence-electron chi connectivity index (χ0n) is 7.05. The molecular formula is C9H18O2. The maximum Gasteiger partial charge on any atom is 0.0647 e. The van der Waals surface area contributed by atoms with Crippen molar-refractivity contribution in [3.8, 4) is 0 Å². The molecule has 2 heteroatoms. The van der Waals surface area contributed by atoms with E-state index in [0.29, 0.717) is 0 Å². The summed E-state index contributed by atoms with van der Waals surface area (Å²) < 4.78 is 0. The fourth-order valence-corrected chi connectivity index (χ4v) is 1.85. The van der Waals surface area contributed by atoms with Crippen LogP contribution in [0.15, 0.2) is 0 Å². The van der Waals surface area contributed by atoms with Crippen LogP contribution < -0.4 is 0 Å². The summed E-state index contributed by atoms with van der Waals surface area (Å²) in [6.45, 7) is 0.260. The van der Waals surface area contributed by atoms with Crippen LogP contribution in [0.1, 0.15) is 44.9 Å². The number of aliphatic hydroxyl groups is 2. The molecule has 1 saturated carbocycles. The average Bonchev–Trinajstić information content (AvgIpc) is 2.38. The van der Waals surface area contributed by atoms with Crippen LogP contribution in [0.4, 0.5) is 0 Å². The van der Waals surface area contributed by atoms with E-state index in [2.05, 4.69) is 0 Å². The van der Waals surface area contributed by atoms with Gasteiger partial charge in [0.25, 0.3) is 0 Å². The maximum absolute atomic E-state index is 9.84.